The van der Waals surface area contributed by atoms with Gasteiger partial charge in [-0.2, -0.15) is 0 Å². The summed E-state index contributed by atoms with van der Waals surface area (Å²) in [5.74, 6) is -1.39. The summed E-state index contributed by atoms with van der Waals surface area (Å²) in [6, 6.07) is 36.5. The van der Waals surface area contributed by atoms with Crippen LogP contribution in [-0.4, -0.2) is 22.6 Å². The lowest BCUT2D eigenvalue weighted by Crippen LogP contribution is -2.30. The highest BCUT2D eigenvalue weighted by Gasteiger charge is 2.23. The van der Waals surface area contributed by atoms with Gasteiger partial charge in [0.05, 0.1) is 10.5 Å². The van der Waals surface area contributed by atoms with Crippen molar-refractivity contribution >= 4 is 52.6 Å². The molecule has 5 rings (SSSR count). The lowest BCUT2D eigenvalue weighted by atomic mass is 10.1. The van der Waals surface area contributed by atoms with Crippen LogP contribution < -0.4 is 16.0 Å². The minimum absolute atomic E-state index is 0.152. The number of anilines is 2. The first kappa shape index (κ1) is 33.4. The van der Waals surface area contributed by atoms with E-state index >= 15 is 0 Å². The Morgan fingerprint density at radius 2 is 1.40 bits per heavy atom. The summed E-state index contributed by atoms with van der Waals surface area (Å²) < 4.78 is 0. The van der Waals surface area contributed by atoms with Crippen LogP contribution in [0.4, 0.5) is 17.1 Å². The van der Waals surface area contributed by atoms with Crippen LogP contribution in [0.25, 0.3) is 6.08 Å². The molecule has 9 nitrogen and oxygen atoms in total. The van der Waals surface area contributed by atoms with Crippen molar-refractivity contribution in [1.29, 1.82) is 0 Å². The minimum Gasteiger partial charge on any atom is -0.325 e. The first-order chi connectivity index (χ1) is 23.2. The van der Waals surface area contributed by atoms with Gasteiger partial charge in [0, 0.05) is 27.9 Å². The number of para-hydroxylation sites is 1. The van der Waals surface area contributed by atoms with E-state index in [1.54, 1.807) is 60.7 Å². The van der Waals surface area contributed by atoms with Crippen molar-refractivity contribution in [2.75, 3.05) is 10.6 Å². The van der Waals surface area contributed by atoms with Gasteiger partial charge in [-0.25, -0.2) is 0 Å². The number of aryl methyl sites for hydroxylation is 1. The van der Waals surface area contributed by atoms with Gasteiger partial charge in [0.15, 0.2) is 0 Å². The molecule has 0 heterocycles. The van der Waals surface area contributed by atoms with E-state index in [1.807, 2.05) is 62.4 Å². The normalized spacial score (nSPS) is 11.7. The quantitative estimate of drug-likeness (QED) is 0.0570. The van der Waals surface area contributed by atoms with Crippen LogP contribution in [0.5, 0.6) is 0 Å². The summed E-state index contributed by atoms with van der Waals surface area (Å²) in [6.45, 7) is 3.97. The fourth-order valence-electron chi connectivity index (χ4n) is 4.81. The van der Waals surface area contributed by atoms with E-state index in [9.17, 15) is 24.5 Å². The van der Waals surface area contributed by atoms with E-state index < -0.39 is 22.0 Å². The summed E-state index contributed by atoms with van der Waals surface area (Å²) in [4.78, 5) is 52.0. The van der Waals surface area contributed by atoms with Crippen LogP contribution in [-0.2, 0) is 9.59 Å². The number of amides is 3. The van der Waals surface area contributed by atoms with Crippen molar-refractivity contribution in [3.05, 3.63) is 171 Å². The summed E-state index contributed by atoms with van der Waals surface area (Å²) in [7, 11) is 0. The summed E-state index contributed by atoms with van der Waals surface area (Å²) in [5.41, 5.74) is 4.16. The number of nitrogens with zero attached hydrogens (tertiary/aromatic N) is 1. The van der Waals surface area contributed by atoms with E-state index in [0.717, 1.165) is 27.3 Å². The Bertz CT molecular complexity index is 1980. The van der Waals surface area contributed by atoms with Crippen molar-refractivity contribution in [2.45, 2.75) is 24.0 Å². The summed E-state index contributed by atoms with van der Waals surface area (Å²) in [5, 5.41) is 19.5. The molecule has 1 atom stereocenters. The number of carbonyl (C=O) groups is 3. The number of nitro groups is 1. The Labute approximate surface area is 282 Å². The molecule has 0 bridgehead atoms. The maximum atomic E-state index is 13.6. The fourth-order valence-corrected chi connectivity index (χ4v) is 5.84. The molecular weight excluding hydrogens is 625 g/mol. The molecule has 0 fully saturated rings. The SMILES string of the molecule is Cc1cccc(NC(=O)C(Sc2ccc(NC(=O)/C(=C/c3ccccc3[N+](=O)[O-])NC(=O)c3ccccc3)cc2)c2ccccc2)c1C. The predicted molar refractivity (Wildman–Crippen MR) is 190 cm³/mol. The molecule has 0 spiro atoms. The fraction of sp³-hybridized carbons (Fsp3) is 0.0789. The van der Waals surface area contributed by atoms with Crippen molar-refractivity contribution in [2.24, 2.45) is 0 Å². The Morgan fingerprint density at radius 1 is 0.750 bits per heavy atom. The van der Waals surface area contributed by atoms with Gasteiger partial charge in [0.1, 0.15) is 10.9 Å². The van der Waals surface area contributed by atoms with E-state index in [-0.39, 0.29) is 22.9 Å². The number of nitro benzene ring substituents is 1. The molecule has 240 valence electrons. The number of carbonyl (C=O) groups excluding carboxylic acids is 3. The van der Waals surface area contributed by atoms with Crippen LogP contribution in [0.2, 0.25) is 0 Å². The number of rotatable bonds is 11. The monoisotopic (exact) mass is 656 g/mol. The number of hydrogen-bond acceptors (Lipinski definition) is 6. The highest BCUT2D eigenvalue weighted by Crippen LogP contribution is 2.37. The Morgan fingerprint density at radius 3 is 2.08 bits per heavy atom. The molecule has 0 aliphatic heterocycles. The molecule has 5 aromatic rings. The van der Waals surface area contributed by atoms with Gasteiger partial charge in [-0.15, -0.1) is 11.8 Å². The second-order valence-electron chi connectivity index (χ2n) is 10.8. The molecule has 0 aliphatic carbocycles. The van der Waals surface area contributed by atoms with E-state index in [0.29, 0.717) is 11.3 Å². The summed E-state index contributed by atoms with van der Waals surface area (Å²) >= 11 is 1.37. The van der Waals surface area contributed by atoms with Gasteiger partial charge in [0.25, 0.3) is 17.5 Å². The first-order valence-corrected chi connectivity index (χ1v) is 15.9. The van der Waals surface area contributed by atoms with Gasteiger partial charge in [-0.05, 0) is 85.1 Å². The first-order valence-electron chi connectivity index (χ1n) is 15.0. The van der Waals surface area contributed by atoms with Crippen LogP contribution >= 0.6 is 11.8 Å². The second kappa shape index (κ2) is 15.5. The molecule has 1 unspecified atom stereocenters. The number of nitrogens with one attached hydrogen (secondary N) is 3. The Kier molecular flexibility index (Phi) is 10.8. The average molecular weight is 657 g/mol. The zero-order valence-corrected chi connectivity index (χ0v) is 27.0. The molecule has 10 heteroatoms. The highest BCUT2D eigenvalue weighted by molar-refractivity contribution is 8.00. The lowest BCUT2D eigenvalue weighted by Gasteiger charge is -2.19. The van der Waals surface area contributed by atoms with Crippen LogP contribution in [0.15, 0.2) is 138 Å². The molecular formula is C38H32N4O5S. The number of hydrogen-bond donors (Lipinski definition) is 3. The Balaban J connectivity index is 1.36. The molecule has 0 saturated carbocycles. The van der Waals surface area contributed by atoms with Gasteiger partial charge in [0.2, 0.25) is 5.91 Å². The predicted octanol–water partition coefficient (Wildman–Crippen LogP) is 8.09. The Hall–Kier alpha value is -6.00. The van der Waals surface area contributed by atoms with Gasteiger partial charge in [-0.1, -0.05) is 72.8 Å². The molecule has 48 heavy (non-hydrogen) atoms. The topological polar surface area (TPSA) is 130 Å². The standard InChI is InChI=1S/C38H32N4O5S/c1-25-12-11-18-32(26(25)2)40-38(45)35(27-13-5-3-6-14-27)48-31-22-20-30(21-23-31)39-37(44)33(41-36(43)28-15-7-4-8-16-28)24-29-17-9-10-19-34(29)42(46)47/h3-24,35H,1-2H3,(H,39,44)(H,40,45)(H,41,43)/b33-24-. The third-order valence-electron chi connectivity index (χ3n) is 7.53. The molecule has 3 amide bonds. The van der Waals surface area contributed by atoms with E-state index in [4.69, 9.17) is 0 Å². The molecule has 0 aliphatic rings. The van der Waals surface area contributed by atoms with Crippen molar-refractivity contribution in [3.63, 3.8) is 0 Å². The van der Waals surface area contributed by atoms with Crippen molar-refractivity contribution < 1.29 is 19.3 Å². The van der Waals surface area contributed by atoms with Crippen LogP contribution in [0, 0.1) is 24.0 Å². The van der Waals surface area contributed by atoms with Crippen LogP contribution in [0.1, 0.15) is 37.9 Å². The van der Waals surface area contributed by atoms with Crippen molar-refractivity contribution in [1.82, 2.24) is 5.32 Å². The minimum atomic E-state index is -0.673. The number of thioether (sulfide) groups is 1. The maximum Gasteiger partial charge on any atom is 0.276 e. The lowest BCUT2D eigenvalue weighted by molar-refractivity contribution is -0.385. The van der Waals surface area contributed by atoms with Crippen LogP contribution in [0.3, 0.4) is 0 Å². The van der Waals surface area contributed by atoms with Crippen molar-refractivity contribution in [3.8, 4) is 0 Å². The zero-order valence-electron chi connectivity index (χ0n) is 26.2. The highest BCUT2D eigenvalue weighted by atomic mass is 32.2. The van der Waals surface area contributed by atoms with E-state index in [1.165, 1.54) is 36.0 Å². The average Bonchev–Trinajstić information content (AvgIpc) is 3.10. The smallest absolute Gasteiger partial charge is 0.276 e. The molecule has 0 aromatic heterocycles. The third kappa shape index (κ3) is 8.42. The third-order valence-corrected chi connectivity index (χ3v) is 8.80. The molecule has 0 saturated heterocycles. The molecule has 3 N–H and O–H groups in total. The summed E-state index contributed by atoms with van der Waals surface area (Å²) in [6.07, 6.45) is 1.28. The zero-order chi connectivity index (χ0) is 34.0. The van der Waals surface area contributed by atoms with Gasteiger partial charge >= 0.3 is 0 Å². The maximum absolute atomic E-state index is 13.6. The second-order valence-corrected chi connectivity index (χ2v) is 12.0. The largest absolute Gasteiger partial charge is 0.325 e. The van der Waals surface area contributed by atoms with Gasteiger partial charge in [-0.3, -0.25) is 24.5 Å². The number of benzene rings is 5. The van der Waals surface area contributed by atoms with Gasteiger partial charge < -0.3 is 16.0 Å². The van der Waals surface area contributed by atoms with E-state index in [2.05, 4.69) is 16.0 Å². The molecule has 0 radical (unpaired) electrons. The molecule has 5 aromatic carbocycles.